The van der Waals surface area contributed by atoms with E-state index in [2.05, 4.69) is 15.0 Å². The van der Waals surface area contributed by atoms with Gasteiger partial charge in [0.05, 0.1) is 0 Å². The van der Waals surface area contributed by atoms with Gasteiger partial charge in [0.1, 0.15) is 24.1 Å². The molecule has 2 heterocycles. The zero-order valence-corrected chi connectivity index (χ0v) is 19.5. The van der Waals surface area contributed by atoms with Crippen LogP contribution in [0.5, 0.6) is 11.5 Å². The number of thioether (sulfide) groups is 1. The maximum Gasteiger partial charge on any atom is 0.273 e. The fourth-order valence-corrected chi connectivity index (χ4v) is 3.99. The lowest BCUT2D eigenvalue weighted by Crippen LogP contribution is -2.62. The van der Waals surface area contributed by atoms with E-state index >= 15 is 0 Å². The van der Waals surface area contributed by atoms with Crippen molar-refractivity contribution in [2.24, 2.45) is 7.05 Å². The second kappa shape index (κ2) is 9.62. The van der Waals surface area contributed by atoms with Gasteiger partial charge in [0.25, 0.3) is 11.9 Å². The molecule has 3 aromatic rings. The second-order valence-corrected chi connectivity index (χ2v) is 8.52. The van der Waals surface area contributed by atoms with Crippen molar-refractivity contribution in [2.75, 3.05) is 38.4 Å². The molecule has 0 radical (unpaired) electrons. The van der Waals surface area contributed by atoms with Crippen LogP contribution in [0.1, 0.15) is 11.6 Å². The minimum Gasteiger partial charge on any atom is -0.492 e. The van der Waals surface area contributed by atoms with Crippen molar-refractivity contribution in [3.63, 3.8) is 0 Å². The first-order chi connectivity index (χ1) is 15.5. The van der Waals surface area contributed by atoms with Gasteiger partial charge in [-0.05, 0) is 50.2 Å². The largest absolute Gasteiger partial charge is 0.492 e. The van der Waals surface area contributed by atoms with Crippen LogP contribution in [-0.4, -0.2) is 65.2 Å². The number of amides is 1. The standard InChI is InChI=1S/C23H27N5O3S/c1-26(2)14-15-30-17-12-10-16(11-13-17)19-20(31-18-8-6-5-7-9-18)21(29)28(19)22-24-23(32-4)27(3)25-22/h5-13,19-20H,14-15H2,1-4H3/t19-,20+/m0/s1. The summed E-state index contributed by atoms with van der Waals surface area (Å²) in [4.78, 5) is 21.3. The number of carbonyl (C=O) groups excluding carboxylic acids is 1. The zero-order valence-electron chi connectivity index (χ0n) is 18.6. The molecule has 1 aliphatic heterocycles. The molecule has 32 heavy (non-hydrogen) atoms. The lowest BCUT2D eigenvalue weighted by atomic mass is 9.91. The van der Waals surface area contributed by atoms with E-state index < -0.39 is 6.10 Å². The van der Waals surface area contributed by atoms with Crippen molar-refractivity contribution in [3.8, 4) is 11.5 Å². The molecule has 8 nitrogen and oxygen atoms in total. The van der Waals surface area contributed by atoms with Crippen LogP contribution in [0.2, 0.25) is 0 Å². The first kappa shape index (κ1) is 22.2. The third-order valence-electron chi connectivity index (χ3n) is 5.19. The van der Waals surface area contributed by atoms with E-state index in [0.717, 1.165) is 23.0 Å². The highest BCUT2D eigenvalue weighted by atomic mass is 32.2. The van der Waals surface area contributed by atoms with Crippen LogP contribution in [-0.2, 0) is 11.8 Å². The van der Waals surface area contributed by atoms with E-state index in [9.17, 15) is 4.79 Å². The number of likely N-dealkylation sites (N-methyl/N-ethyl adjacent to an activating group) is 1. The fourth-order valence-electron chi connectivity index (χ4n) is 3.51. The van der Waals surface area contributed by atoms with Crippen molar-refractivity contribution in [1.82, 2.24) is 19.7 Å². The van der Waals surface area contributed by atoms with Crippen LogP contribution in [0.25, 0.3) is 0 Å². The van der Waals surface area contributed by atoms with Crippen molar-refractivity contribution in [2.45, 2.75) is 17.3 Å². The normalized spacial score (nSPS) is 18.0. The number of β-lactam (4-membered cyclic amide) rings is 1. The van der Waals surface area contributed by atoms with Gasteiger partial charge in [-0.25, -0.2) is 4.68 Å². The number of aryl methyl sites for hydroxylation is 1. The summed E-state index contributed by atoms with van der Waals surface area (Å²) in [6, 6.07) is 16.8. The van der Waals surface area contributed by atoms with E-state index in [0.29, 0.717) is 18.3 Å². The molecular weight excluding hydrogens is 426 g/mol. The fraction of sp³-hybridized carbons (Fsp3) is 0.348. The highest BCUT2D eigenvalue weighted by Gasteiger charge is 2.52. The quantitative estimate of drug-likeness (QED) is 0.364. The number of benzene rings is 2. The Hall–Kier alpha value is -3.04. The van der Waals surface area contributed by atoms with Gasteiger partial charge < -0.3 is 14.4 Å². The topological polar surface area (TPSA) is 72.7 Å². The van der Waals surface area contributed by atoms with Crippen LogP contribution >= 0.6 is 11.8 Å². The molecule has 1 aromatic heterocycles. The van der Waals surface area contributed by atoms with E-state index in [-0.39, 0.29) is 11.9 Å². The van der Waals surface area contributed by atoms with E-state index in [1.807, 2.05) is 82.0 Å². The molecule has 9 heteroatoms. The molecule has 4 rings (SSSR count). The number of hydrogen-bond acceptors (Lipinski definition) is 7. The molecule has 1 saturated heterocycles. The number of para-hydroxylation sites is 1. The molecule has 2 atom stereocenters. The number of rotatable bonds is 9. The average Bonchev–Trinajstić information content (AvgIpc) is 3.16. The number of aromatic nitrogens is 3. The van der Waals surface area contributed by atoms with Crippen molar-refractivity contribution in [1.29, 1.82) is 0 Å². The van der Waals surface area contributed by atoms with Crippen molar-refractivity contribution in [3.05, 3.63) is 60.2 Å². The van der Waals surface area contributed by atoms with Gasteiger partial charge in [0.15, 0.2) is 5.16 Å². The van der Waals surface area contributed by atoms with Gasteiger partial charge in [0.2, 0.25) is 6.10 Å². The molecule has 0 saturated carbocycles. The summed E-state index contributed by atoms with van der Waals surface area (Å²) >= 11 is 1.48. The molecule has 1 aliphatic rings. The third kappa shape index (κ3) is 4.58. The molecule has 0 N–H and O–H groups in total. The van der Waals surface area contributed by atoms with Gasteiger partial charge in [-0.2, -0.15) is 4.98 Å². The highest BCUT2D eigenvalue weighted by molar-refractivity contribution is 7.98. The summed E-state index contributed by atoms with van der Waals surface area (Å²) in [6.07, 6.45) is 1.28. The van der Waals surface area contributed by atoms with Gasteiger partial charge in [-0.15, -0.1) is 5.10 Å². The number of carbonyl (C=O) groups is 1. The number of ether oxygens (including phenoxy) is 2. The van der Waals surface area contributed by atoms with Crippen molar-refractivity contribution < 1.29 is 14.3 Å². The summed E-state index contributed by atoms with van der Waals surface area (Å²) in [7, 11) is 5.84. The molecule has 2 aromatic carbocycles. The van der Waals surface area contributed by atoms with Crippen LogP contribution in [0.15, 0.2) is 59.8 Å². The minimum atomic E-state index is -0.653. The monoisotopic (exact) mass is 453 g/mol. The van der Waals surface area contributed by atoms with Crippen LogP contribution < -0.4 is 14.4 Å². The molecule has 1 amide bonds. The second-order valence-electron chi connectivity index (χ2n) is 7.75. The molecule has 0 bridgehead atoms. The Labute approximate surface area is 192 Å². The van der Waals surface area contributed by atoms with Gasteiger partial charge in [0, 0.05) is 13.6 Å². The van der Waals surface area contributed by atoms with E-state index in [4.69, 9.17) is 9.47 Å². The molecule has 1 fully saturated rings. The first-order valence-corrected chi connectivity index (χ1v) is 11.6. The Morgan fingerprint density at radius 2 is 1.78 bits per heavy atom. The lowest BCUT2D eigenvalue weighted by molar-refractivity contribution is -0.135. The molecule has 168 valence electrons. The molecule has 0 spiro atoms. The lowest BCUT2D eigenvalue weighted by Gasteiger charge is -2.44. The van der Waals surface area contributed by atoms with Crippen LogP contribution in [0.4, 0.5) is 5.95 Å². The molecule has 0 unspecified atom stereocenters. The van der Waals surface area contributed by atoms with Gasteiger partial charge >= 0.3 is 0 Å². The number of anilines is 1. The highest BCUT2D eigenvalue weighted by Crippen LogP contribution is 2.40. The maximum absolute atomic E-state index is 13.1. The predicted octanol–water partition coefficient (Wildman–Crippen LogP) is 3.01. The predicted molar refractivity (Wildman–Crippen MR) is 124 cm³/mol. The summed E-state index contributed by atoms with van der Waals surface area (Å²) < 4.78 is 13.6. The van der Waals surface area contributed by atoms with Crippen LogP contribution in [0.3, 0.4) is 0 Å². The average molecular weight is 454 g/mol. The maximum atomic E-state index is 13.1. The van der Waals surface area contributed by atoms with Crippen LogP contribution in [0, 0.1) is 0 Å². The first-order valence-electron chi connectivity index (χ1n) is 10.3. The smallest absolute Gasteiger partial charge is 0.273 e. The van der Waals surface area contributed by atoms with Gasteiger partial charge in [-0.3, -0.25) is 9.69 Å². The summed E-state index contributed by atoms with van der Waals surface area (Å²) in [5.74, 6) is 1.65. The minimum absolute atomic E-state index is 0.164. The summed E-state index contributed by atoms with van der Waals surface area (Å²) in [5, 5.41) is 5.19. The number of nitrogens with zero attached hydrogens (tertiary/aromatic N) is 5. The molecule has 0 aliphatic carbocycles. The Balaban J connectivity index is 1.59. The Morgan fingerprint density at radius 1 is 1.06 bits per heavy atom. The van der Waals surface area contributed by atoms with E-state index in [1.165, 1.54) is 11.8 Å². The van der Waals surface area contributed by atoms with E-state index in [1.54, 1.807) is 9.58 Å². The SMILES string of the molecule is CSc1nc(N2C(=O)[C@H](Oc3ccccc3)[C@@H]2c2ccc(OCCN(C)C)cc2)nn1C. The van der Waals surface area contributed by atoms with Gasteiger partial charge in [-0.1, -0.05) is 42.1 Å². The Kier molecular flexibility index (Phi) is 6.66. The Bertz CT molecular complexity index is 1060. The summed E-state index contributed by atoms with van der Waals surface area (Å²) in [5.41, 5.74) is 0.934. The zero-order chi connectivity index (χ0) is 22.7. The Morgan fingerprint density at radius 3 is 2.41 bits per heavy atom. The third-order valence-corrected chi connectivity index (χ3v) is 5.91. The number of hydrogen-bond donors (Lipinski definition) is 0. The summed E-state index contributed by atoms with van der Waals surface area (Å²) in [6.45, 7) is 1.44. The molecular formula is C23H27N5O3S. The van der Waals surface area contributed by atoms with Crippen molar-refractivity contribution >= 4 is 23.6 Å².